The minimum Gasteiger partial charge on any atom is -0.322 e. The van der Waals surface area contributed by atoms with Gasteiger partial charge in [0.15, 0.2) is 0 Å². The molecule has 0 saturated carbocycles. The lowest BCUT2D eigenvalue weighted by Gasteiger charge is -2.07. The van der Waals surface area contributed by atoms with Crippen LogP contribution in [0, 0.1) is 6.92 Å². The highest BCUT2D eigenvalue weighted by molar-refractivity contribution is 7.91. The Balaban J connectivity index is 2.17. The SMILES string of the molecule is Cc1cccc(C(=O)Nc2ccc(S(=O)(=O)C(F)F)cc2)c1. The van der Waals surface area contributed by atoms with Crippen molar-refractivity contribution >= 4 is 21.4 Å². The first-order valence-corrected chi connectivity index (χ1v) is 7.85. The van der Waals surface area contributed by atoms with Gasteiger partial charge in [-0.15, -0.1) is 0 Å². The summed E-state index contributed by atoms with van der Waals surface area (Å²) < 4.78 is 47.4. The third kappa shape index (κ3) is 3.48. The second-order valence-electron chi connectivity index (χ2n) is 4.65. The van der Waals surface area contributed by atoms with Gasteiger partial charge in [0.1, 0.15) is 0 Å². The molecule has 7 heteroatoms. The number of aryl methyl sites for hydroxylation is 1. The molecule has 0 aliphatic rings. The normalized spacial score (nSPS) is 11.5. The van der Waals surface area contributed by atoms with Crippen LogP contribution in [0.3, 0.4) is 0 Å². The first-order chi connectivity index (χ1) is 10.3. The van der Waals surface area contributed by atoms with E-state index in [4.69, 9.17) is 0 Å². The van der Waals surface area contributed by atoms with Gasteiger partial charge in [-0.2, -0.15) is 8.78 Å². The van der Waals surface area contributed by atoms with E-state index in [1.165, 1.54) is 12.1 Å². The third-order valence-corrected chi connectivity index (χ3v) is 4.35. The number of hydrogen-bond donors (Lipinski definition) is 1. The molecule has 2 rings (SSSR count). The van der Waals surface area contributed by atoms with Crippen molar-refractivity contribution in [3.05, 3.63) is 59.7 Å². The molecule has 0 spiro atoms. The van der Waals surface area contributed by atoms with E-state index in [0.717, 1.165) is 17.7 Å². The van der Waals surface area contributed by atoms with Crippen molar-refractivity contribution in [2.24, 2.45) is 0 Å². The Hall–Kier alpha value is -2.28. The zero-order valence-corrected chi connectivity index (χ0v) is 12.4. The zero-order chi connectivity index (χ0) is 16.3. The Morgan fingerprint density at radius 2 is 1.73 bits per heavy atom. The first kappa shape index (κ1) is 16.1. The Labute approximate surface area is 126 Å². The van der Waals surface area contributed by atoms with Crippen LogP contribution in [-0.4, -0.2) is 20.1 Å². The molecule has 1 amide bonds. The van der Waals surface area contributed by atoms with Crippen molar-refractivity contribution in [3.63, 3.8) is 0 Å². The summed E-state index contributed by atoms with van der Waals surface area (Å²) in [6, 6.07) is 11.5. The fourth-order valence-electron chi connectivity index (χ4n) is 1.82. The van der Waals surface area contributed by atoms with E-state index in [1.54, 1.807) is 18.2 Å². The topological polar surface area (TPSA) is 63.2 Å². The highest BCUT2D eigenvalue weighted by Crippen LogP contribution is 2.20. The van der Waals surface area contributed by atoms with E-state index in [9.17, 15) is 22.0 Å². The average Bonchev–Trinajstić information content (AvgIpc) is 2.47. The maximum Gasteiger partial charge on any atom is 0.341 e. The van der Waals surface area contributed by atoms with Gasteiger partial charge in [-0.05, 0) is 43.3 Å². The van der Waals surface area contributed by atoms with Gasteiger partial charge < -0.3 is 5.32 Å². The molecular formula is C15H13F2NO3S. The van der Waals surface area contributed by atoms with Gasteiger partial charge >= 0.3 is 5.76 Å². The van der Waals surface area contributed by atoms with E-state index in [2.05, 4.69) is 5.32 Å². The predicted molar refractivity (Wildman–Crippen MR) is 78.8 cm³/mol. The molecule has 0 unspecified atom stereocenters. The van der Waals surface area contributed by atoms with Crippen LogP contribution in [0.5, 0.6) is 0 Å². The summed E-state index contributed by atoms with van der Waals surface area (Å²) in [7, 11) is -4.63. The van der Waals surface area contributed by atoms with Crippen LogP contribution < -0.4 is 5.32 Å². The second-order valence-corrected chi connectivity index (χ2v) is 6.57. The monoisotopic (exact) mass is 325 g/mol. The van der Waals surface area contributed by atoms with Gasteiger partial charge in [0.25, 0.3) is 5.91 Å². The fourth-order valence-corrected chi connectivity index (χ4v) is 2.54. The van der Waals surface area contributed by atoms with E-state index in [1.807, 2.05) is 13.0 Å². The number of rotatable bonds is 4. The summed E-state index contributed by atoms with van der Waals surface area (Å²) >= 11 is 0. The van der Waals surface area contributed by atoms with Crippen molar-refractivity contribution in [1.82, 2.24) is 0 Å². The van der Waals surface area contributed by atoms with Gasteiger partial charge in [0.05, 0.1) is 4.90 Å². The molecule has 0 atom stereocenters. The zero-order valence-electron chi connectivity index (χ0n) is 11.6. The van der Waals surface area contributed by atoms with Crippen LogP contribution in [0.1, 0.15) is 15.9 Å². The van der Waals surface area contributed by atoms with Gasteiger partial charge in [0, 0.05) is 11.3 Å². The Bertz CT molecular complexity index is 787. The summed E-state index contributed by atoms with van der Waals surface area (Å²) in [4.78, 5) is 11.5. The van der Waals surface area contributed by atoms with Crippen molar-refractivity contribution in [2.45, 2.75) is 17.6 Å². The molecule has 2 aromatic rings. The molecule has 0 radical (unpaired) electrons. The highest BCUT2D eigenvalue weighted by atomic mass is 32.2. The molecule has 0 bridgehead atoms. The number of anilines is 1. The summed E-state index contributed by atoms with van der Waals surface area (Å²) in [6.07, 6.45) is 0. The maximum absolute atomic E-state index is 12.4. The smallest absolute Gasteiger partial charge is 0.322 e. The Morgan fingerprint density at radius 1 is 1.09 bits per heavy atom. The minimum absolute atomic E-state index is 0.319. The molecule has 1 N–H and O–H groups in total. The van der Waals surface area contributed by atoms with Gasteiger partial charge in [-0.25, -0.2) is 8.42 Å². The quantitative estimate of drug-likeness (QED) is 0.938. The summed E-state index contributed by atoms with van der Waals surface area (Å²) in [5, 5.41) is 2.57. The molecule has 2 aromatic carbocycles. The second kappa shape index (κ2) is 6.23. The lowest BCUT2D eigenvalue weighted by atomic mass is 10.1. The van der Waals surface area contributed by atoms with E-state index in [-0.39, 0.29) is 5.91 Å². The molecule has 0 fully saturated rings. The standard InChI is InChI=1S/C15H13F2NO3S/c1-10-3-2-4-11(9-10)14(19)18-12-5-7-13(8-6-12)22(20,21)15(16)17/h2-9,15H,1H3,(H,18,19). The number of amides is 1. The van der Waals surface area contributed by atoms with Crippen LogP contribution in [0.4, 0.5) is 14.5 Å². The molecule has 0 aliphatic heterocycles. The number of hydrogen-bond acceptors (Lipinski definition) is 3. The van der Waals surface area contributed by atoms with Crippen LogP contribution in [0.2, 0.25) is 0 Å². The molecule has 0 saturated heterocycles. The summed E-state index contributed by atoms with van der Waals surface area (Å²) in [5.41, 5.74) is 1.69. The van der Waals surface area contributed by atoms with Crippen molar-refractivity contribution in [3.8, 4) is 0 Å². The molecule has 0 aromatic heterocycles. The third-order valence-electron chi connectivity index (χ3n) is 2.96. The predicted octanol–water partition coefficient (Wildman–Crippen LogP) is 3.24. The Morgan fingerprint density at radius 3 is 2.27 bits per heavy atom. The number of nitrogens with one attached hydrogen (secondary N) is 1. The molecule has 0 heterocycles. The molecule has 4 nitrogen and oxygen atoms in total. The van der Waals surface area contributed by atoms with Gasteiger partial charge in [-0.3, -0.25) is 4.79 Å². The maximum atomic E-state index is 12.4. The van der Waals surface area contributed by atoms with Gasteiger partial charge in [0.2, 0.25) is 9.84 Å². The van der Waals surface area contributed by atoms with Crippen LogP contribution in [-0.2, 0) is 9.84 Å². The van der Waals surface area contributed by atoms with E-state index >= 15 is 0 Å². The lowest BCUT2D eigenvalue weighted by molar-refractivity contribution is 0.102. The number of benzene rings is 2. The summed E-state index contributed by atoms with van der Waals surface area (Å²) in [6.45, 7) is 1.85. The molecule has 116 valence electrons. The number of sulfone groups is 1. The molecule has 0 aliphatic carbocycles. The van der Waals surface area contributed by atoms with Crippen LogP contribution in [0.25, 0.3) is 0 Å². The minimum atomic E-state index is -4.63. The van der Waals surface area contributed by atoms with Crippen molar-refractivity contribution in [2.75, 3.05) is 5.32 Å². The molecule has 22 heavy (non-hydrogen) atoms. The molecular weight excluding hydrogens is 312 g/mol. The van der Waals surface area contributed by atoms with Crippen LogP contribution in [0.15, 0.2) is 53.4 Å². The highest BCUT2D eigenvalue weighted by Gasteiger charge is 2.26. The lowest BCUT2D eigenvalue weighted by Crippen LogP contribution is -2.13. The first-order valence-electron chi connectivity index (χ1n) is 6.31. The van der Waals surface area contributed by atoms with E-state index < -0.39 is 20.5 Å². The Kier molecular flexibility index (Phi) is 4.56. The number of halogens is 2. The van der Waals surface area contributed by atoms with Crippen molar-refractivity contribution in [1.29, 1.82) is 0 Å². The number of carbonyl (C=O) groups is 1. The largest absolute Gasteiger partial charge is 0.341 e. The number of carbonyl (C=O) groups excluding carboxylic acids is 1. The van der Waals surface area contributed by atoms with E-state index in [0.29, 0.717) is 11.3 Å². The average molecular weight is 325 g/mol. The summed E-state index contributed by atoms with van der Waals surface area (Å²) in [5.74, 6) is -3.84. The van der Waals surface area contributed by atoms with Gasteiger partial charge in [-0.1, -0.05) is 17.7 Å². The number of alkyl halides is 2. The van der Waals surface area contributed by atoms with Crippen molar-refractivity contribution < 1.29 is 22.0 Å². The van der Waals surface area contributed by atoms with Crippen LogP contribution >= 0.6 is 0 Å². The fraction of sp³-hybridized carbons (Fsp3) is 0.133.